The molecule has 0 radical (unpaired) electrons. The number of benzene rings is 1. The highest BCUT2D eigenvalue weighted by atomic mass is 16.1. The van der Waals surface area contributed by atoms with Gasteiger partial charge in [0.25, 0.3) is 5.91 Å². The normalized spacial score (nSPS) is 17.4. The van der Waals surface area contributed by atoms with Crippen molar-refractivity contribution in [1.29, 1.82) is 0 Å². The summed E-state index contributed by atoms with van der Waals surface area (Å²) in [4.78, 5) is 12.5. The van der Waals surface area contributed by atoms with Crippen LogP contribution in [0.1, 0.15) is 46.2 Å². The Labute approximate surface area is 125 Å². The van der Waals surface area contributed by atoms with Gasteiger partial charge in [-0.25, -0.2) is 0 Å². The number of rotatable bonds is 2. The average Bonchev–Trinajstić information content (AvgIpc) is 2.86. The minimum Gasteiger partial charge on any atom is -0.321 e. The van der Waals surface area contributed by atoms with Gasteiger partial charge in [0, 0.05) is 16.9 Å². The Morgan fingerprint density at radius 2 is 2.14 bits per heavy atom. The Kier molecular flexibility index (Phi) is 3.53. The van der Waals surface area contributed by atoms with E-state index in [1.165, 1.54) is 11.1 Å². The molecule has 0 saturated heterocycles. The monoisotopic (exact) mass is 283 g/mol. The number of aryl methyl sites for hydroxylation is 3. The molecule has 0 saturated carbocycles. The van der Waals surface area contributed by atoms with Crippen LogP contribution in [-0.4, -0.2) is 16.1 Å². The molecule has 1 aromatic heterocycles. The van der Waals surface area contributed by atoms with Gasteiger partial charge in [-0.1, -0.05) is 13.0 Å². The molecule has 3 rings (SSSR count). The first-order valence-corrected chi connectivity index (χ1v) is 7.49. The maximum absolute atomic E-state index is 12.5. The molecular weight excluding hydrogens is 262 g/mol. The zero-order chi connectivity index (χ0) is 15.0. The first kappa shape index (κ1) is 13.9. The fraction of sp³-hybridized carbons (Fsp3) is 0.412. The first-order valence-electron chi connectivity index (χ1n) is 7.49. The van der Waals surface area contributed by atoms with E-state index < -0.39 is 0 Å². The van der Waals surface area contributed by atoms with Gasteiger partial charge in [-0.3, -0.25) is 9.89 Å². The summed E-state index contributed by atoms with van der Waals surface area (Å²) in [5.41, 5.74) is 5.98. The maximum atomic E-state index is 12.5. The highest BCUT2D eigenvalue weighted by molar-refractivity contribution is 6.04. The minimum atomic E-state index is -0.121. The summed E-state index contributed by atoms with van der Waals surface area (Å²) >= 11 is 0. The number of carbonyl (C=O) groups is 1. The zero-order valence-electron chi connectivity index (χ0n) is 12.8. The van der Waals surface area contributed by atoms with Crippen LogP contribution in [0.15, 0.2) is 18.2 Å². The first-order chi connectivity index (χ1) is 10.0. The van der Waals surface area contributed by atoms with Gasteiger partial charge >= 0.3 is 0 Å². The molecule has 0 bridgehead atoms. The van der Waals surface area contributed by atoms with Crippen molar-refractivity contribution in [3.63, 3.8) is 0 Å². The lowest BCUT2D eigenvalue weighted by molar-refractivity contribution is 0.102. The number of hydrogen-bond acceptors (Lipinski definition) is 2. The summed E-state index contributed by atoms with van der Waals surface area (Å²) < 4.78 is 0. The quantitative estimate of drug-likeness (QED) is 0.887. The second-order valence-corrected chi connectivity index (χ2v) is 6.13. The molecule has 110 valence electrons. The predicted octanol–water partition coefficient (Wildman–Crippen LogP) is 3.40. The van der Waals surface area contributed by atoms with Crippen LogP contribution in [0.2, 0.25) is 0 Å². The van der Waals surface area contributed by atoms with Crippen LogP contribution in [0.3, 0.4) is 0 Å². The summed E-state index contributed by atoms with van der Waals surface area (Å²) in [6.45, 7) is 6.33. The van der Waals surface area contributed by atoms with Crippen molar-refractivity contribution < 1.29 is 4.79 Å². The SMILES string of the molecule is Cc1ccc(NC(=O)c2n[nH]c3c2CC(C)CC3)cc1C. The van der Waals surface area contributed by atoms with E-state index in [-0.39, 0.29) is 5.91 Å². The Hall–Kier alpha value is -2.10. The van der Waals surface area contributed by atoms with E-state index in [2.05, 4.69) is 29.4 Å². The standard InChI is InChI=1S/C17H21N3O/c1-10-4-7-15-14(8-10)16(20-19-15)17(21)18-13-6-5-11(2)12(3)9-13/h5-6,9-10H,4,7-8H2,1-3H3,(H,18,21)(H,19,20). The Morgan fingerprint density at radius 1 is 1.33 bits per heavy atom. The lowest BCUT2D eigenvalue weighted by Crippen LogP contribution is -2.18. The number of aromatic amines is 1. The molecule has 1 aliphatic carbocycles. The molecule has 1 heterocycles. The van der Waals surface area contributed by atoms with Gasteiger partial charge in [0.1, 0.15) is 0 Å². The number of nitrogens with zero attached hydrogens (tertiary/aromatic N) is 1. The third-order valence-electron chi connectivity index (χ3n) is 4.37. The average molecular weight is 283 g/mol. The molecule has 2 aromatic rings. The largest absolute Gasteiger partial charge is 0.321 e. The van der Waals surface area contributed by atoms with Crippen molar-refractivity contribution in [2.75, 3.05) is 5.32 Å². The number of amides is 1. The summed E-state index contributed by atoms with van der Waals surface area (Å²) in [5, 5.41) is 10.2. The third kappa shape index (κ3) is 2.71. The van der Waals surface area contributed by atoms with E-state index in [0.29, 0.717) is 11.6 Å². The van der Waals surface area contributed by atoms with Crippen LogP contribution in [0.4, 0.5) is 5.69 Å². The topological polar surface area (TPSA) is 57.8 Å². The van der Waals surface area contributed by atoms with Crippen molar-refractivity contribution in [3.8, 4) is 0 Å². The molecule has 2 N–H and O–H groups in total. The lowest BCUT2D eigenvalue weighted by Gasteiger charge is -2.18. The molecule has 1 atom stereocenters. The fourth-order valence-corrected chi connectivity index (χ4v) is 2.87. The zero-order valence-corrected chi connectivity index (χ0v) is 12.8. The lowest BCUT2D eigenvalue weighted by atomic mass is 9.87. The Morgan fingerprint density at radius 3 is 2.90 bits per heavy atom. The van der Waals surface area contributed by atoms with Crippen molar-refractivity contribution in [2.24, 2.45) is 5.92 Å². The summed E-state index contributed by atoms with van der Waals surface area (Å²) in [6, 6.07) is 5.95. The number of hydrogen-bond donors (Lipinski definition) is 2. The van der Waals surface area contributed by atoms with Gasteiger partial charge in [-0.05, 0) is 62.3 Å². The number of nitrogens with one attached hydrogen (secondary N) is 2. The van der Waals surface area contributed by atoms with E-state index in [0.717, 1.165) is 36.2 Å². The summed E-state index contributed by atoms with van der Waals surface area (Å²) in [5.74, 6) is 0.494. The highest BCUT2D eigenvalue weighted by Gasteiger charge is 2.24. The number of anilines is 1. The molecule has 1 aromatic carbocycles. The van der Waals surface area contributed by atoms with Crippen LogP contribution in [-0.2, 0) is 12.8 Å². The molecule has 4 heteroatoms. The number of fused-ring (bicyclic) bond motifs is 1. The van der Waals surface area contributed by atoms with Crippen molar-refractivity contribution in [1.82, 2.24) is 10.2 Å². The van der Waals surface area contributed by atoms with Crippen LogP contribution in [0, 0.1) is 19.8 Å². The fourth-order valence-electron chi connectivity index (χ4n) is 2.87. The van der Waals surface area contributed by atoms with Crippen molar-refractivity contribution >= 4 is 11.6 Å². The maximum Gasteiger partial charge on any atom is 0.276 e. The number of carbonyl (C=O) groups excluding carboxylic acids is 1. The van der Waals surface area contributed by atoms with Crippen LogP contribution in [0.25, 0.3) is 0 Å². The van der Waals surface area contributed by atoms with Gasteiger partial charge in [-0.2, -0.15) is 5.10 Å². The van der Waals surface area contributed by atoms with Crippen molar-refractivity contribution in [3.05, 3.63) is 46.3 Å². The molecule has 0 fully saturated rings. The van der Waals surface area contributed by atoms with E-state index in [9.17, 15) is 4.79 Å². The number of H-pyrrole nitrogens is 1. The third-order valence-corrected chi connectivity index (χ3v) is 4.37. The second kappa shape index (κ2) is 5.35. The molecule has 1 unspecified atom stereocenters. The molecule has 1 amide bonds. The van der Waals surface area contributed by atoms with E-state index in [1.807, 2.05) is 25.1 Å². The van der Waals surface area contributed by atoms with Gasteiger partial charge in [0.15, 0.2) is 5.69 Å². The Bertz CT molecular complexity index is 687. The predicted molar refractivity (Wildman–Crippen MR) is 83.6 cm³/mol. The summed E-state index contributed by atoms with van der Waals surface area (Å²) in [6.07, 6.45) is 3.08. The van der Waals surface area contributed by atoms with Gasteiger partial charge < -0.3 is 5.32 Å². The smallest absolute Gasteiger partial charge is 0.276 e. The number of aromatic nitrogens is 2. The Balaban J connectivity index is 1.83. The van der Waals surface area contributed by atoms with Crippen molar-refractivity contribution in [2.45, 2.75) is 40.0 Å². The minimum absolute atomic E-state index is 0.121. The van der Waals surface area contributed by atoms with E-state index >= 15 is 0 Å². The van der Waals surface area contributed by atoms with Crippen LogP contribution >= 0.6 is 0 Å². The summed E-state index contributed by atoms with van der Waals surface area (Å²) in [7, 11) is 0. The van der Waals surface area contributed by atoms with Gasteiger partial charge in [-0.15, -0.1) is 0 Å². The molecule has 1 aliphatic rings. The van der Waals surface area contributed by atoms with E-state index in [1.54, 1.807) is 0 Å². The molecule has 0 spiro atoms. The van der Waals surface area contributed by atoms with Crippen LogP contribution in [0.5, 0.6) is 0 Å². The second-order valence-electron chi connectivity index (χ2n) is 6.13. The highest BCUT2D eigenvalue weighted by Crippen LogP contribution is 2.26. The molecular formula is C17H21N3O. The molecule has 4 nitrogen and oxygen atoms in total. The van der Waals surface area contributed by atoms with Gasteiger partial charge in [0.2, 0.25) is 0 Å². The van der Waals surface area contributed by atoms with Crippen LogP contribution < -0.4 is 5.32 Å². The van der Waals surface area contributed by atoms with E-state index in [4.69, 9.17) is 0 Å². The molecule has 21 heavy (non-hydrogen) atoms. The van der Waals surface area contributed by atoms with Gasteiger partial charge in [0.05, 0.1) is 0 Å². The molecule has 0 aliphatic heterocycles.